The zero-order chi connectivity index (χ0) is 16.7. The maximum absolute atomic E-state index is 12.6. The molecule has 2 aromatic heterocycles. The Morgan fingerprint density at radius 2 is 2.17 bits per heavy atom. The molecule has 1 amide bonds. The molecule has 0 saturated heterocycles. The molecule has 0 N–H and O–H groups in total. The van der Waals surface area contributed by atoms with Gasteiger partial charge in [0.25, 0.3) is 0 Å². The number of hydrogen-bond acceptors (Lipinski definition) is 3. The second-order valence-corrected chi connectivity index (χ2v) is 5.90. The summed E-state index contributed by atoms with van der Waals surface area (Å²) >= 11 is 0. The van der Waals surface area contributed by atoms with Gasteiger partial charge in [0.05, 0.1) is 6.04 Å². The molecule has 0 aliphatic carbocycles. The fourth-order valence-corrected chi connectivity index (χ4v) is 2.79. The minimum absolute atomic E-state index is 0.0997. The first-order valence-electron chi connectivity index (χ1n) is 8.26. The minimum atomic E-state index is 0.0997. The molecule has 1 unspecified atom stereocenters. The number of pyridine rings is 1. The van der Waals surface area contributed by atoms with Crippen LogP contribution in [0.15, 0.2) is 36.8 Å². The van der Waals surface area contributed by atoms with E-state index in [9.17, 15) is 4.79 Å². The van der Waals surface area contributed by atoms with E-state index in [4.69, 9.17) is 0 Å². The fourth-order valence-electron chi connectivity index (χ4n) is 2.79. The van der Waals surface area contributed by atoms with Gasteiger partial charge in [-0.2, -0.15) is 5.10 Å². The maximum atomic E-state index is 12.6. The van der Waals surface area contributed by atoms with E-state index in [1.54, 1.807) is 12.4 Å². The zero-order valence-corrected chi connectivity index (χ0v) is 14.3. The van der Waals surface area contributed by atoms with Crippen LogP contribution in [0.1, 0.15) is 49.9 Å². The molecule has 2 aromatic rings. The maximum Gasteiger partial charge on any atom is 0.223 e. The number of carbonyl (C=O) groups is 1. The lowest BCUT2D eigenvalue weighted by Gasteiger charge is -2.28. The lowest BCUT2D eigenvalue weighted by molar-refractivity contribution is -0.132. The standard InChI is InChI=1S/C18H26N4O/c1-4-5-8-17(15-7-6-12-19-14-15)21(2)18(23)10-9-16-11-13-20-22(16)3/h6-7,11-14,17H,4-5,8-10H2,1-3H3. The Balaban J connectivity index is 2.02. The van der Waals surface area contributed by atoms with Crippen molar-refractivity contribution < 1.29 is 4.79 Å². The Hall–Kier alpha value is -2.17. The second-order valence-electron chi connectivity index (χ2n) is 5.90. The summed E-state index contributed by atoms with van der Waals surface area (Å²) in [5, 5.41) is 4.15. The summed E-state index contributed by atoms with van der Waals surface area (Å²) in [5.74, 6) is 0.163. The fraction of sp³-hybridized carbons (Fsp3) is 0.500. The van der Waals surface area contributed by atoms with E-state index in [1.165, 1.54) is 0 Å². The summed E-state index contributed by atoms with van der Waals surface area (Å²) in [6.07, 6.45) is 9.80. The summed E-state index contributed by atoms with van der Waals surface area (Å²) in [5.41, 5.74) is 2.19. The number of carbonyl (C=O) groups excluding carboxylic acids is 1. The van der Waals surface area contributed by atoms with E-state index >= 15 is 0 Å². The number of amides is 1. The van der Waals surface area contributed by atoms with Crippen molar-refractivity contribution in [3.8, 4) is 0 Å². The highest BCUT2D eigenvalue weighted by Gasteiger charge is 2.21. The SMILES string of the molecule is CCCCC(c1cccnc1)N(C)C(=O)CCc1ccnn1C. The van der Waals surface area contributed by atoms with E-state index in [1.807, 2.05) is 42.0 Å². The number of aryl methyl sites for hydroxylation is 2. The van der Waals surface area contributed by atoms with Gasteiger partial charge in [-0.15, -0.1) is 0 Å². The Bertz CT molecular complexity index is 608. The van der Waals surface area contributed by atoms with E-state index in [0.717, 1.165) is 30.5 Å². The Labute approximate surface area is 138 Å². The molecule has 5 nitrogen and oxygen atoms in total. The highest BCUT2D eigenvalue weighted by Crippen LogP contribution is 2.25. The van der Waals surface area contributed by atoms with Crippen LogP contribution in [0.5, 0.6) is 0 Å². The zero-order valence-electron chi connectivity index (χ0n) is 14.3. The first-order valence-corrected chi connectivity index (χ1v) is 8.26. The summed E-state index contributed by atoms with van der Waals surface area (Å²) in [4.78, 5) is 18.7. The molecule has 2 heterocycles. The van der Waals surface area contributed by atoms with Gasteiger partial charge in [0, 0.05) is 44.8 Å². The third kappa shape index (κ3) is 4.65. The average Bonchev–Trinajstić information content (AvgIpc) is 2.99. The largest absolute Gasteiger partial charge is 0.339 e. The van der Waals surface area contributed by atoms with Crippen LogP contribution in [0.25, 0.3) is 0 Å². The van der Waals surface area contributed by atoms with Crippen molar-refractivity contribution >= 4 is 5.91 Å². The topological polar surface area (TPSA) is 51.0 Å². The van der Waals surface area contributed by atoms with E-state index in [2.05, 4.69) is 23.1 Å². The molecule has 0 bridgehead atoms. The Kier molecular flexibility index (Phi) is 6.32. The molecule has 5 heteroatoms. The Morgan fingerprint density at radius 1 is 1.35 bits per heavy atom. The van der Waals surface area contributed by atoms with E-state index < -0.39 is 0 Å². The molecule has 1 atom stereocenters. The van der Waals surface area contributed by atoms with Crippen LogP contribution >= 0.6 is 0 Å². The van der Waals surface area contributed by atoms with Crippen LogP contribution in [0, 0.1) is 0 Å². The summed E-state index contributed by atoms with van der Waals surface area (Å²) < 4.78 is 1.82. The highest BCUT2D eigenvalue weighted by atomic mass is 16.2. The lowest BCUT2D eigenvalue weighted by atomic mass is 10.0. The molecule has 2 rings (SSSR count). The smallest absolute Gasteiger partial charge is 0.223 e. The summed E-state index contributed by atoms with van der Waals surface area (Å²) in [6.45, 7) is 2.17. The van der Waals surface area contributed by atoms with Crippen LogP contribution < -0.4 is 0 Å². The first-order chi connectivity index (χ1) is 11.1. The van der Waals surface area contributed by atoms with Crippen molar-refractivity contribution in [2.24, 2.45) is 7.05 Å². The average molecular weight is 314 g/mol. The van der Waals surface area contributed by atoms with Crippen molar-refractivity contribution in [1.82, 2.24) is 19.7 Å². The molecule has 124 valence electrons. The van der Waals surface area contributed by atoms with Gasteiger partial charge in [0.15, 0.2) is 0 Å². The molecular formula is C18H26N4O. The lowest BCUT2D eigenvalue weighted by Crippen LogP contribution is -2.31. The molecule has 0 radical (unpaired) electrons. The number of hydrogen-bond donors (Lipinski definition) is 0. The van der Waals surface area contributed by atoms with Gasteiger partial charge in [-0.3, -0.25) is 14.5 Å². The third-order valence-corrected chi connectivity index (χ3v) is 4.28. The molecule has 0 aliphatic rings. The van der Waals surface area contributed by atoms with Gasteiger partial charge in [-0.1, -0.05) is 25.8 Å². The summed E-state index contributed by atoms with van der Waals surface area (Å²) in [6, 6.07) is 6.05. The molecule has 0 aliphatic heterocycles. The molecule has 0 aromatic carbocycles. The quantitative estimate of drug-likeness (QED) is 0.752. The van der Waals surface area contributed by atoms with Gasteiger partial charge in [-0.25, -0.2) is 0 Å². The van der Waals surface area contributed by atoms with Crippen molar-refractivity contribution in [1.29, 1.82) is 0 Å². The van der Waals surface area contributed by atoms with Gasteiger partial charge >= 0.3 is 0 Å². The molecular weight excluding hydrogens is 288 g/mol. The highest BCUT2D eigenvalue weighted by molar-refractivity contribution is 5.76. The number of aromatic nitrogens is 3. The van der Waals surface area contributed by atoms with Crippen molar-refractivity contribution in [3.63, 3.8) is 0 Å². The van der Waals surface area contributed by atoms with Crippen molar-refractivity contribution in [2.75, 3.05) is 7.05 Å². The van der Waals surface area contributed by atoms with Crippen LogP contribution in [-0.2, 0) is 18.3 Å². The molecule has 0 saturated carbocycles. The minimum Gasteiger partial charge on any atom is -0.339 e. The van der Waals surface area contributed by atoms with Gasteiger partial charge in [0.2, 0.25) is 5.91 Å². The molecule has 0 spiro atoms. The van der Waals surface area contributed by atoms with E-state index in [-0.39, 0.29) is 11.9 Å². The third-order valence-electron chi connectivity index (χ3n) is 4.28. The normalized spacial score (nSPS) is 12.1. The van der Waals surface area contributed by atoms with Crippen molar-refractivity contribution in [3.05, 3.63) is 48.0 Å². The van der Waals surface area contributed by atoms with Gasteiger partial charge < -0.3 is 4.90 Å². The van der Waals surface area contributed by atoms with Crippen LogP contribution in [0.3, 0.4) is 0 Å². The number of nitrogens with zero attached hydrogens (tertiary/aromatic N) is 4. The van der Waals surface area contributed by atoms with Crippen LogP contribution in [0.4, 0.5) is 0 Å². The molecule has 23 heavy (non-hydrogen) atoms. The van der Waals surface area contributed by atoms with E-state index in [0.29, 0.717) is 12.8 Å². The summed E-state index contributed by atoms with van der Waals surface area (Å²) in [7, 11) is 3.81. The number of rotatable bonds is 8. The predicted octanol–water partition coefficient (Wildman–Crippen LogP) is 3.14. The van der Waals surface area contributed by atoms with Crippen LogP contribution in [-0.4, -0.2) is 32.6 Å². The Morgan fingerprint density at radius 3 is 2.78 bits per heavy atom. The second kappa shape index (κ2) is 8.46. The number of unbranched alkanes of at least 4 members (excludes halogenated alkanes) is 1. The van der Waals surface area contributed by atoms with Crippen LogP contribution in [0.2, 0.25) is 0 Å². The van der Waals surface area contributed by atoms with Gasteiger partial charge in [0.1, 0.15) is 0 Å². The van der Waals surface area contributed by atoms with Gasteiger partial charge in [-0.05, 0) is 30.5 Å². The monoisotopic (exact) mass is 314 g/mol. The molecule has 0 fully saturated rings. The first kappa shape index (κ1) is 17.2. The predicted molar refractivity (Wildman–Crippen MR) is 90.8 cm³/mol. The van der Waals surface area contributed by atoms with Crippen molar-refractivity contribution in [2.45, 2.75) is 45.1 Å².